The molecule has 0 aromatic heterocycles. The summed E-state index contributed by atoms with van der Waals surface area (Å²) >= 11 is 0. The molecule has 1 amide bonds. The molecule has 1 N–H and O–H groups in total. The molecule has 0 heterocycles. The van der Waals surface area contributed by atoms with Crippen LogP contribution in [0.1, 0.15) is 27.0 Å². The van der Waals surface area contributed by atoms with Gasteiger partial charge in [0.1, 0.15) is 10.6 Å². The van der Waals surface area contributed by atoms with Gasteiger partial charge in [0.2, 0.25) is 0 Å². The smallest absolute Gasteiger partial charge is 0.339 e. The summed E-state index contributed by atoms with van der Waals surface area (Å²) in [6.45, 7) is 3.51. The summed E-state index contributed by atoms with van der Waals surface area (Å²) in [5.41, 5.74) is 2.79. The molecular formula is C22H18N2O4S. The van der Waals surface area contributed by atoms with E-state index in [0.717, 1.165) is 5.56 Å². The first kappa shape index (κ1) is 20.1. The van der Waals surface area contributed by atoms with Crippen LogP contribution in [0.4, 0.5) is 5.69 Å². The lowest BCUT2D eigenvalue weighted by Crippen LogP contribution is -2.13. The molecule has 7 heteroatoms. The van der Waals surface area contributed by atoms with Crippen LogP contribution in [0.25, 0.3) is 0 Å². The molecule has 0 atom stereocenters. The first-order chi connectivity index (χ1) is 13.8. The normalized spacial score (nSPS) is 10.8. The van der Waals surface area contributed by atoms with Crippen molar-refractivity contribution >= 4 is 21.7 Å². The second-order valence-corrected chi connectivity index (χ2v) is 7.99. The van der Waals surface area contributed by atoms with Crippen LogP contribution in [0, 0.1) is 25.2 Å². The van der Waals surface area contributed by atoms with E-state index in [0.29, 0.717) is 22.4 Å². The summed E-state index contributed by atoms with van der Waals surface area (Å²) < 4.78 is 30.3. The van der Waals surface area contributed by atoms with E-state index in [-0.39, 0.29) is 16.6 Å². The third-order valence-corrected chi connectivity index (χ3v) is 5.60. The zero-order valence-electron chi connectivity index (χ0n) is 15.8. The number of aryl methyl sites for hydroxylation is 2. The Kier molecular flexibility index (Phi) is 5.66. The number of carbonyl (C=O) groups is 1. The van der Waals surface area contributed by atoms with Gasteiger partial charge in [-0.3, -0.25) is 4.79 Å². The van der Waals surface area contributed by atoms with Crippen molar-refractivity contribution in [3.05, 3.63) is 89.0 Å². The molecule has 3 aromatic carbocycles. The van der Waals surface area contributed by atoms with E-state index in [1.807, 2.05) is 12.1 Å². The fraction of sp³-hybridized carbons (Fsp3) is 0.0909. The summed E-state index contributed by atoms with van der Waals surface area (Å²) in [6.07, 6.45) is 0. The summed E-state index contributed by atoms with van der Waals surface area (Å²) in [5, 5.41) is 11.5. The number of hydrogen-bond acceptors (Lipinski definition) is 5. The van der Waals surface area contributed by atoms with E-state index < -0.39 is 10.1 Å². The van der Waals surface area contributed by atoms with Gasteiger partial charge in [0.15, 0.2) is 0 Å². The van der Waals surface area contributed by atoms with Crippen molar-refractivity contribution in [1.82, 2.24) is 0 Å². The number of hydrogen-bond donors (Lipinski definition) is 1. The second-order valence-electron chi connectivity index (χ2n) is 6.47. The summed E-state index contributed by atoms with van der Waals surface area (Å²) in [5.74, 6) is -0.250. The zero-order valence-corrected chi connectivity index (χ0v) is 16.7. The van der Waals surface area contributed by atoms with Crippen LogP contribution in [0.3, 0.4) is 0 Å². The molecule has 0 aliphatic heterocycles. The van der Waals surface area contributed by atoms with Gasteiger partial charge in [-0.2, -0.15) is 13.7 Å². The lowest BCUT2D eigenvalue weighted by atomic mass is 10.2. The first-order valence-electron chi connectivity index (χ1n) is 8.72. The molecule has 0 aliphatic carbocycles. The molecule has 0 bridgehead atoms. The fourth-order valence-electron chi connectivity index (χ4n) is 2.64. The van der Waals surface area contributed by atoms with Crippen LogP contribution in [0.15, 0.2) is 71.6 Å². The van der Waals surface area contributed by atoms with Crippen LogP contribution in [-0.4, -0.2) is 14.3 Å². The summed E-state index contributed by atoms with van der Waals surface area (Å²) in [6, 6.07) is 19.4. The van der Waals surface area contributed by atoms with Gasteiger partial charge in [0.05, 0.1) is 11.6 Å². The molecule has 0 saturated carbocycles. The van der Waals surface area contributed by atoms with Gasteiger partial charge in [0.25, 0.3) is 5.91 Å². The number of rotatable bonds is 5. The largest absolute Gasteiger partial charge is 0.379 e. The quantitative estimate of drug-likeness (QED) is 0.641. The summed E-state index contributed by atoms with van der Waals surface area (Å²) in [7, 11) is -3.98. The third kappa shape index (κ3) is 4.81. The van der Waals surface area contributed by atoms with Gasteiger partial charge in [0, 0.05) is 11.3 Å². The molecule has 3 aromatic rings. The van der Waals surface area contributed by atoms with E-state index in [2.05, 4.69) is 5.32 Å². The van der Waals surface area contributed by atoms with Crippen molar-refractivity contribution in [1.29, 1.82) is 5.26 Å². The Bertz CT molecular complexity index is 1190. The van der Waals surface area contributed by atoms with Crippen molar-refractivity contribution in [3.8, 4) is 11.8 Å². The maximum atomic E-state index is 12.6. The van der Waals surface area contributed by atoms with E-state index in [1.54, 1.807) is 50.2 Å². The van der Waals surface area contributed by atoms with Crippen LogP contribution in [-0.2, 0) is 10.1 Å². The van der Waals surface area contributed by atoms with Crippen molar-refractivity contribution in [2.24, 2.45) is 0 Å². The molecule has 0 radical (unpaired) electrons. The monoisotopic (exact) mass is 406 g/mol. The minimum absolute atomic E-state index is 0.111. The van der Waals surface area contributed by atoms with Gasteiger partial charge >= 0.3 is 10.1 Å². The lowest BCUT2D eigenvalue weighted by Gasteiger charge is -2.11. The highest BCUT2D eigenvalue weighted by Gasteiger charge is 2.19. The average molecular weight is 406 g/mol. The van der Waals surface area contributed by atoms with Crippen LogP contribution < -0.4 is 9.50 Å². The van der Waals surface area contributed by atoms with Crippen molar-refractivity contribution in [2.75, 3.05) is 5.32 Å². The number of carbonyl (C=O) groups excluding carboxylic acids is 1. The van der Waals surface area contributed by atoms with Crippen LogP contribution >= 0.6 is 0 Å². The molecule has 0 fully saturated rings. The minimum atomic E-state index is -3.98. The minimum Gasteiger partial charge on any atom is -0.379 e. The van der Waals surface area contributed by atoms with Gasteiger partial charge in [-0.25, -0.2) is 0 Å². The van der Waals surface area contributed by atoms with Crippen LogP contribution in [0.5, 0.6) is 5.75 Å². The van der Waals surface area contributed by atoms with Gasteiger partial charge < -0.3 is 9.50 Å². The lowest BCUT2D eigenvalue weighted by molar-refractivity contribution is 0.102. The molecular weight excluding hydrogens is 388 g/mol. The summed E-state index contributed by atoms with van der Waals surface area (Å²) in [4.78, 5) is 12.4. The molecule has 3 rings (SSSR count). The van der Waals surface area contributed by atoms with Crippen molar-refractivity contribution in [3.63, 3.8) is 0 Å². The third-order valence-electron chi connectivity index (χ3n) is 4.21. The van der Waals surface area contributed by atoms with E-state index in [9.17, 15) is 13.2 Å². The van der Waals surface area contributed by atoms with Crippen molar-refractivity contribution < 1.29 is 17.4 Å². The molecule has 6 nitrogen and oxygen atoms in total. The fourth-order valence-corrected chi connectivity index (χ4v) is 3.89. The molecule has 0 aliphatic rings. The van der Waals surface area contributed by atoms with Crippen molar-refractivity contribution in [2.45, 2.75) is 18.7 Å². The Morgan fingerprint density at radius 3 is 2.24 bits per heavy atom. The molecule has 0 unspecified atom stereocenters. The Morgan fingerprint density at radius 1 is 0.966 bits per heavy atom. The number of nitriles is 1. The topological polar surface area (TPSA) is 96.3 Å². The number of nitrogens with one attached hydrogen (secondary N) is 1. The molecule has 146 valence electrons. The Balaban J connectivity index is 1.73. The SMILES string of the molecule is Cc1ccc(C)c(S(=O)(=O)Oc2ccc(C(=O)Nc3ccc(C#N)cc3)cc2)c1. The highest BCUT2D eigenvalue weighted by atomic mass is 32.2. The standard InChI is InChI=1S/C22H18N2O4S/c1-15-3-4-16(2)21(13-15)29(26,27)28-20-11-7-18(8-12-20)22(25)24-19-9-5-17(14-23)6-10-19/h3-13H,1-2H3,(H,24,25). The Labute approximate surface area is 169 Å². The molecule has 0 saturated heterocycles. The zero-order chi connectivity index (χ0) is 21.0. The first-order valence-corrected chi connectivity index (χ1v) is 10.1. The van der Waals surface area contributed by atoms with E-state index in [1.165, 1.54) is 24.3 Å². The highest BCUT2D eigenvalue weighted by Crippen LogP contribution is 2.23. The number of amides is 1. The Hall–Kier alpha value is -3.63. The van der Waals surface area contributed by atoms with Crippen LogP contribution in [0.2, 0.25) is 0 Å². The number of nitrogens with zero attached hydrogens (tertiary/aromatic N) is 1. The Morgan fingerprint density at radius 2 is 1.62 bits per heavy atom. The van der Waals surface area contributed by atoms with Gasteiger partial charge in [-0.1, -0.05) is 12.1 Å². The second kappa shape index (κ2) is 8.17. The number of anilines is 1. The predicted molar refractivity (Wildman–Crippen MR) is 109 cm³/mol. The predicted octanol–water partition coefficient (Wildman–Crippen LogP) is 4.20. The maximum absolute atomic E-state index is 12.6. The molecule has 0 spiro atoms. The average Bonchev–Trinajstić information content (AvgIpc) is 2.70. The van der Waals surface area contributed by atoms with Gasteiger partial charge in [-0.05, 0) is 79.6 Å². The molecule has 29 heavy (non-hydrogen) atoms. The van der Waals surface area contributed by atoms with E-state index >= 15 is 0 Å². The maximum Gasteiger partial charge on any atom is 0.339 e. The highest BCUT2D eigenvalue weighted by molar-refractivity contribution is 7.87. The van der Waals surface area contributed by atoms with E-state index in [4.69, 9.17) is 9.44 Å². The number of benzene rings is 3. The van der Waals surface area contributed by atoms with Gasteiger partial charge in [-0.15, -0.1) is 0 Å².